The molecule has 28 heavy (non-hydrogen) atoms. The van der Waals surface area contributed by atoms with Gasteiger partial charge in [-0.25, -0.2) is 4.79 Å². The summed E-state index contributed by atoms with van der Waals surface area (Å²) in [5.41, 5.74) is -0.0629. The van der Waals surface area contributed by atoms with E-state index in [0.29, 0.717) is 18.4 Å². The Morgan fingerprint density at radius 3 is 2.21 bits per heavy atom. The van der Waals surface area contributed by atoms with E-state index in [4.69, 9.17) is 4.74 Å². The average molecular weight is 393 g/mol. The van der Waals surface area contributed by atoms with Crippen LogP contribution in [-0.4, -0.2) is 103 Å². The second-order valence-electron chi connectivity index (χ2n) is 9.87. The Morgan fingerprint density at radius 1 is 0.964 bits per heavy atom. The van der Waals surface area contributed by atoms with Crippen molar-refractivity contribution < 1.29 is 14.3 Å². The van der Waals surface area contributed by atoms with Crippen molar-refractivity contribution in [2.75, 3.05) is 59.4 Å². The molecule has 2 amide bonds. The molecule has 158 valence electrons. The SMILES string of the molecule is CC(C)N1CCC2(CC1)CN(CCN1CCC3(CC1)CC(=O)N(C)C3)C(=O)O2. The fourth-order valence-electron chi connectivity index (χ4n) is 5.52. The van der Waals surface area contributed by atoms with Crippen LogP contribution in [0.3, 0.4) is 0 Å². The molecular formula is C21H36N4O3. The van der Waals surface area contributed by atoms with Gasteiger partial charge in [0.05, 0.1) is 6.54 Å². The molecule has 0 aliphatic carbocycles. The normalized spacial score (nSPS) is 28.1. The molecule has 0 aromatic carbocycles. The van der Waals surface area contributed by atoms with Crippen LogP contribution in [0.4, 0.5) is 4.79 Å². The number of carbonyl (C=O) groups is 2. The fourth-order valence-corrected chi connectivity index (χ4v) is 5.52. The predicted molar refractivity (Wildman–Crippen MR) is 107 cm³/mol. The van der Waals surface area contributed by atoms with Crippen molar-refractivity contribution in [2.45, 2.75) is 57.6 Å². The van der Waals surface area contributed by atoms with Gasteiger partial charge >= 0.3 is 6.09 Å². The number of hydrogen-bond acceptors (Lipinski definition) is 5. The van der Waals surface area contributed by atoms with E-state index in [-0.39, 0.29) is 17.1 Å². The van der Waals surface area contributed by atoms with Gasteiger partial charge in [0.1, 0.15) is 5.60 Å². The molecule has 4 aliphatic heterocycles. The number of amides is 2. The maximum Gasteiger partial charge on any atom is 0.410 e. The summed E-state index contributed by atoms with van der Waals surface area (Å²) < 4.78 is 5.87. The summed E-state index contributed by atoms with van der Waals surface area (Å²) in [4.78, 5) is 33.1. The predicted octanol–water partition coefficient (Wildman–Crippen LogP) is 1.63. The zero-order chi connectivity index (χ0) is 19.9. The van der Waals surface area contributed by atoms with Gasteiger partial charge in [-0.2, -0.15) is 0 Å². The van der Waals surface area contributed by atoms with E-state index in [0.717, 1.165) is 78.0 Å². The van der Waals surface area contributed by atoms with E-state index in [1.165, 1.54) is 0 Å². The molecule has 0 bridgehead atoms. The molecule has 4 heterocycles. The van der Waals surface area contributed by atoms with Gasteiger partial charge in [0.25, 0.3) is 0 Å². The number of rotatable bonds is 4. The second kappa shape index (κ2) is 7.48. The minimum absolute atomic E-state index is 0.130. The van der Waals surface area contributed by atoms with Crippen molar-refractivity contribution in [1.29, 1.82) is 0 Å². The number of ether oxygens (including phenoxy) is 1. The number of piperidine rings is 2. The summed E-state index contributed by atoms with van der Waals surface area (Å²) in [5, 5.41) is 0. The van der Waals surface area contributed by atoms with E-state index in [2.05, 4.69) is 23.6 Å². The lowest BCUT2D eigenvalue weighted by molar-refractivity contribution is -0.126. The van der Waals surface area contributed by atoms with E-state index in [9.17, 15) is 9.59 Å². The second-order valence-corrected chi connectivity index (χ2v) is 9.87. The first-order chi connectivity index (χ1) is 13.3. The number of nitrogens with zero attached hydrogens (tertiary/aromatic N) is 4. The lowest BCUT2D eigenvalue weighted by Gasteiger charge is -2.39. The highest BCUT2D eigenvalue weighted by atomic mass is 16.6. The molecule has 7 heteroatoms. The highest BCUT2D eigenvalue weighted by Gasteiger charge is 2.47. The Hall–Kier alpha value is -1.34. The van der Waals surface area contributed by atoms with Crippen molar-refractivity contribution in [3.8, 4) is 0 Å². The van der Waals surface area contributed by atoms with Gasteiger partial charge in [0.2, 0.25) is 5.91 Å². The maximum absolute atomic E-state index is 12.4. The lowest BCUT2D eigenvalue weighted by atomic mass is 9.77. The van der Waals surface area contributed by atoms with Crippen LogP contribution in [0.25, 0.3) is 0 Å². The van der Waals surface area contributed by atoms with E-state index < -0.39 is 0 Å². The van der Waals surface area contributed by atoms with Crippen LogP contribution in [0.15, 0.2) is 0 Å². The maximum atomic E-state index is 12.4. The molecule has 0 aromatic rings. The van der Waals surface area contributed by atoms with Crippen LogP contribution in [0.5, 0.6) is 0 Å². The largest absolute Gasteiger partial charge is 0.441 e. The molecule has 7 nitrogen and oxygen atoms in total. The van der Waals surface area contributed by atoms with E-state index in [1.54, 1.807) is 0 Å². The van der Waals surface area contributed by atoms with Crippen LogP contribution >= 0.6 is 0 Å². The highest BCUT2D eigenvalue weighted by molar-refractivity contribution is 5.79. The van der Waals surface area contributed by atoms with Gasteiger partial charge in [-0.15, -0.1) is 0 Å². The van der Waals surface area contributed by atoms with Crippen molar-refractivity contribution in [3.63, 3.8) is 0 Å². The monoisotopic (exact) mass is 392 g/mol. The van der Waals surface area contributed by atoms with Gasteiger partial charge in [-0.3, -0.25) is 4.79 Å². The minimum Gasteiger partial charge on any atom is -0.441 e. The number of hydrogen-bond donors (Lipinski definition) is 0. The molecule has 0 radical (unpaired) electrons. The van der Waals surface area contributed by atoms with Crippen LogP contribution < -0.4 is 0 Å². The zero-order valence-electron chi connectivity index (χ0n) is 17.8. The third-order valence-corrected chi connectivity index (χ3v) is 7.61. The lowest BCUT2D eigenvalue weighted by Crippen LogP contribution is -2.49. The summed E-state index contributed by atoms with van der Waals surface area (Å²) in [6.45, 7) is 11.9. The molecule has 0 unspecified atom stereocenters. The smallest absolute Gasteiger partial charge is 0.410 e. The molecule has 0 atom stereocenters. The van der Waals surface area contributed by atoms with Crippen LogP contribution in [-0.2, 0) is 9.53 Å². The Kier molecular flexibility index (Phi) is 5.33. The Morgan fingerprint density at radius 2 is 1.64 bits per heavy atom. The number of carbonyl (C=O) groups excluding carboxylic acids is 2. The highest BCUT2D eigenvalue weighted by Crippen LogP contribution is 2.40. The Balaban J connectivity index is 1.23. The van der Waals surface area contributed by atoms with Crippen LogP contribution in [0.2, 0.25) is 0 Å². The van der Waals surface area contributed by atoms with Crippen molar-refractivity contribution in [1.82, 2.24) is 19.6 Å². The van der Waals surface area contributed by atoms with Crippen molar-refractivity contribution >= 4 is 12.0 Å². The average Bonchev–Trinajstić information content (AvgIpc) is 3.11. The molecule has 4 fully saturated rings. The summed E-state index contributed by atoms with van der Waals surface area (Å²) in [6.07, 6.45) is 4.65. The molecule has 4 aliphatic rings. The first-order valence-electron chi connectivity index (χ1n) is 11.0. The topological polar surface area (TPSA) is 56.3 Å². The number of likely N-dealkylation sites (tertiary alicyclic amines) is 3. The molecule has 0 N–H and O–H groups in total. The first kappa shape index (κ1) is 20.0. The molecule has 4 saturated heterocycles. The molecular weight excluding hydrogens is 356 g/mol. The zero-order valence-corrected chi connectivity index (χ0v) is 17.8. The van der Waals surface area contributed by atoms with E-state index >= 15 is 0 Å². The molecule has 0 aromatic heterocycles. The Bertz CT molecular complexity index is 607. The van der Waals surface area contributed by atoms with Crippen molar-refractivity contribution in [3.05, 3.63) is 0 Å². The van der Waals surface area contributed by atoms with E-state index in [1.807, 2.05) is 16.8 Å². The summed E-state index contributed by atoms with van der Waals surface area (Å²) >= 11 is 0. The fraction of sp³-hybridized carbons (Fsp3) is 0.905. The third-order valence-electron chi connectivity index (χ3n) is 7.61. The summed E-state index contributed by atoms with van der Waals surface area (Å²) in [6, 6.07) is 0.558. The van der Waals surface area contributed by atoms with Crippen LogP contribution in [0, 0.1) is 5.41 Å². The molecule has 0 saturated carbocycles. The molecule has 2 spiro atoms. The summed E-state index contributed by atoms with van der Waals surface area (Å²) in [5.74, 6) is 0.294. The quantitative estimate of drug-likeness (QED) is 0.728. The summed E-state index contributed by atoms with van der Waals surface area (Å²) in [7, 11) is 1.92. The Labute approximate surface area is 168 Å². The third kappa shape index (κ3) is 3.88. The van der Waals surface area contributed by atoms with Gasteiger partial charge in [-0.05, 0) is 45.2 Å². The van der Waals surface area contributed by atoms with Gasteiger partial charge in [-0.1, -0.05) is 0 Å². The first-order valence-corrected chi connectivity index (χ1v) is 11.0. The minimum atomic E-state index is -0.261. The molecule has 4 rings (SSSR count). The van der Waals surface area contributed by atoms with Gasteiger partial charge < -0.3 is 24.3 Å². The van der Waals surface area contributed by atoms with Gasteiger partial charge in [0.15, 0.2) is 0 Å². The van der Waals surface area contributed by atoms with Crippen molar-refractivity contribution in [2.24, 2.45) is 5.41 Å². The standard InChI is InChI=1S/C21H36N4O3/c1-17(2)24-10-6-21(7-11-24)16-25(19(27)28-21)13-12-23-8-4-20(5-9-23)14-18(26)22(3)15-20/h17H,4-16H2,1-3H3. The van der Waals surface area contributed by atoms with Crippen LogP contribution in [0.1, 0.15) is 46.0 Å². The van der Waals surface area contributed by atoms with Gasteiger partial charge in [0, 0.05) is 65.1 Å².